The van der Waals surface area contributed by atoms with Crippen LogP contribution in [-0.4, -0.2) is 19.4 Å². The van der Waals surface area contributed by atoms with E-state index < -0.39 is 0 Å². The lowest BCUT2D eigenvalue weighted by atomic mass is 10.2. The van der Waals surface area contributed by atoms with E-state index in [1.165, 1.54) is 4.88 Å². The third-order valence-corrected chi connectivity index (χ3v) is 4.81. The number of hydrogen-bond acceptors (Lipinski definition) is 4. The Labute approximate surface area is 110 Å². The molecule has 17 heavy (non-hydrogen) atoms. The molecule has 1 unspecified atom stereocenters. The molecule has 2 aromatic rings. The van der Waals surface area contributed by atoms with Gasteiger partial charge >= 0.3 is 0 Å². The lowest BCUT2D eigenvalue weighted by Gasteiger charge is -2.24. The van der Waals surface area contributed by atoms with Crippen molar-refractivity contribution in [2.45, 2.75) is 19.4 Å². The second-order valence-electron chi connectivity index (χ2n) is 4.04. The lowest BCUT2D eigenvalue weighted by Crippen LogP contribution is -2.29. The highest BCUT2D eigenvalue weighted by Gasteiger charge is 2.13. The van der Waals surface area contributed by atoms with E-state index in [4.69, 9.17) is 0 Å². The van der Waals surface area contributed by atoms with Gasteiger partial charge < -0.3 is 4.90 Å². The van der Waals surface area contributed by atoms with Gasteiger partial charge in [-0.25, -0.2) is 0 Å². The molecule has 0 N–H and O–H groups in total. The van der Waals surface area contributed by atoms with Gasteiger partial charge in [0.05, 0.1) is 9.88 Å². The fourth-order valence-corrected chi connectivity index (χ4v) is 3.38. The Morgan fingerprint density at radius 1 is 1.41 bits per heavy atom. The van der Waals surface area contributed by atoms with Gasteiger partial charge in [-0.3, -0.25) is 4.79 Å². The van der Waals surface area contributed by atoms with Crippen molar-refractivity contribution in [1.29, 1.82) is 0 Å². The second kappa shape index (κ2) is 5.47. The topological polar surface area (TPSA) is 20.3 Å². The van der Waals surface area contributed by atoms with Crippen LogP contribution in [0.3, 0.4) is 0 Å². The minimum Gasteiger partial charge on any atom is -0.363 e. The van der Waals surface area contributed by atoms with Crippen LogP contribution in [0.2, 0.25) is 0 Å². The SMILES string of the molecule is CC(Cc1cccs1)N(C)c1ccc(C=O)s1. The molecule has 0 amide bonds. The van der Waals surface area contributed by atoms with E-state index in [9.17, 15) is 4.79 Å². The van der Waals surface area contributed by atoms with Crippen LogP contribution in [0, 0.1) is 0 Å². The van der Waals surface area contributed by atoms with Crippen molar-refractivity contribution < 1.29 is 4.79 Å². The first-order valence-electron chi connectivity index (χ1n) is 5.51. The number of thiophene rings is 2. The number of rotatable bonds is 5. The van der Waals surface area contributed by atoms with Crippen molar-refractivity contribution in [2.75, 3.05) is 11.9 Å². The molecule has 2 heterocycles. The summed E-state index contributed by atoms with van der Waals surface area (Å²) in [5.74, 6) is 0. The third kappa shape index (κ3) is 2.96. The monoisotopic (exact) mass is 265 g/mol. The minimum absolute atomic E-state index is 0.437. The molecule has 0 aliphatic rings. The van der Waals surface area contributed by atoms with Crippen LogP contribution < -0.4 is 4.90 Å². The maximum atomic E-state index is 10.7. The van der Waals surface area contributed by atoms with E-state index in [0.29, 0.717) is 6.04 Å². The van der Waals surface area contributed by atoms with Crippen molar-refractivity contribution in [2.24, 2.45) is 0 Å². The number of nitrogens with zero attached hydrogens (tertiary/aromatic N) is 1. The molecule has 0 saturated heterocycles. The van der Waals surface area contributed by atoms with Gasteiger partial charge in [0.2, 0.25) is 0 Å². The van der Waals surface area contributed by atoms with E-state index in [-0.39, 0.29) is 0 Å². The summed E-state index contributed by atoms with van der Waals surface area (Å²) in [4.78, 5) is 15.1. The normalized spacial score (nSPS) is 12.4. The molecule has 1 atom stereocenters. The summed E-state index contributed by atoms with van der Waals surface area (Å²) in [7, 11) is 2.08. The Bertz CT molecular complexity index is 475. The van der Waals surface area contributed by atoms with Crippen LogP contribution in [0.15, 0.2) is 29.6 Å². The molecular weight excluding hydrogens is 250 g/mol. The number of likely N-dealkylation sites (N-methyl/N-ethyl adjacent to an activating group) is 1. The van der Waals surface area contributed by atoms with Gasteiger partial charge in [-0.1, -0.05) is 6.07 Å². The van der Waals surface area contributed by atoms with Gasteiger partial charge in [0, 0.05) is 24.4 Å². The predicted octanol–water partition coefficient (Wildman–Crippen LogP) is 3.69. The zero-order valence-corrected chi connectivity index (χ0v) is 11.6. The minimum atomic E-state index is 0.437. The zero-order chi connectivity index (χ0) is 12.3. The first-order chi connectivity index (χ1) is 8.20. The maximum absolute atomic E-state index is 10.7. The molecule has 0 aromatic carbocycles. The average Bonchev–Trinajstić information content (AvgIpc) is 2.98. The van der Waals surface area contributed by atoms with Gasteiger partial charge in [0.1, 0.15) is 0 Å². The fraction of sp³-hybridized carbons (Fsp3) is 0.308. The number of carbonyl (C=O) groups excluding carboxylic acids is 1. The summed E-state index contributed by atoms with van der Waals surface area (Å²) < 4.78 is 0. The van der Waals surface area contributed by atoms with Crippen LogP contribution in [0.1, 0.15) is 21.5 Å². The van der Waals surface area contributed by atoms with Gasteiger partial charge in [-0.2, -0.15) is 0 Å². The number of anilines is 1. The van der Waals surface area contributed by atoms with Crippen LogP contribution in [0.4, 0.5) is 5.00 Å². The van der Waals surface area contributed by atoms with Crippen molar-refractivity contribution in [3.05, 3.63) is 39.4 Å². The molecule has 0 radical (unpaired) electrons. The molecular formula is C13H15NOS2. The van der Waals surface area contributed by atoms with Crippen LogP contribution in [0.25, 0.3) is 0 Å². The van der Waals surface area contributed by atoms with Crippen molar-refractivity contribution >= 4 is 34.0 Å². The lowest BCUT2D eigenvalue weighted by molar-refractivity contribution is 0.112. The Morgan fingerprint density at radius 2 is 2.24 bits per heavy atom. The molecule has 90 valence electrons. The summed E-state index contributed by atoms with van der Waals surface area (Å²) >= 11 is 3.34. The maximum Gasteiger partial charge on any atom is 0.160 e. The first-order valence-corrected chi connectivity index (χ1v) is 7.20. The van der Waals surface area contributed by atoms with Gasteiger partial charge in [0.15, 0.2) is 6.29 Å². The predicted molar refractivity (Wildman–Crippen MR) is 75.6 cm³/mol. The highest BCUT2D eigenvalue weighted by atomic mass is 32.1. The standard InChI is InChI=1S/C13H15NOS2/c1-10(8-11-4-3-7-16-11)14(2)13-6-5-12(9-15)17-13/h3-7,9-10H,8H2,1-2H3. The molecule has 0 saturated carbocycles. The van der Waals surface area contributed by atoms with Crippen molar-refractivity contribution in [1.82, 2.24) is 0 Å². The molecule has 0 fully saturated rings. The summed E-state index contributed by atoms with van der Waals surface area (Å²) in [5.41, 5.74) is 0. The van der Waals surface area contributed by atoms with Crippen molar-refractivity contribution in [3.63, 3.8) is 0 Å². The van der Waals surface area contributed by atoms with Crippen molar-refractivity contribution in [3.8, 4) is 0 Å². The van der Waals surface area contributed by atoms with Crippen LogP contribution in [0.5, 0.6) is 0 Å². The van der Waals surface area contributed by atoms with E-state index in [0.717, 1.165) is 22.6 Å². The van der Waals surface area contributed by atoms with E-state index >= 15 is 0 Å². The van der Waals surface area contributed by atoms with E-state index in [1.54, 1.807) is 22.7 Å². The molecule has 2 nitrogen and oxygen atoms in total. The summed E-state index contributed by atoms with van der Waals surface area (Å²) in [6.45, 7) is 2.21. The number of carbonyl (C=O) groups is 1. The molecule has 4 heteroatoms. The van der Waals surface area contributed by atoms with Crippen LogP contribution >= 0.6 is 22.7 Å². The Balaban J connectivity index is 2.03. The largest absolute Gasteiger partial charge is 0.363 e. The number of hydrogen-bond donors (Lipinski definition) is 0. The second-order valence-corrected chi connectivity index (χ2v) is 6.16. The molecule has 2 aromatic heterocycles. The average molecular weight is 265 g/mol. The smallest absolute Gasteiger partial charge is 0.160 e. The highest BCUT2D eigenvalue weighted by molar-refractivity contribution is 7.17. The summed E-state index contributed by atoms with van der Waals surface area (Å²) in [5, 5.41) is 3.26. The quantitative estimate of drug-likeness (QED) is 0.768. The van der Waals surface area contributed by atoms with Crippen LogP contribution in [-0.2, 0) is 6.42 Å². The van der Waals surface area contributed by atoms with Gasteiger partial charge in [-0.15, -0.1) is 22.7 Å². The fourth-order valence-electron chi connectivity index (χ4n) is 1.67. The summed E-state index contributed by atoms with van der Waals surface area (Å²) in [6.07, 6.45) is 1.95. The number of aldehydes is 1. The highest BCUT2D eigenvalue weighted by Crippen LogP contribution is 2.26. The third-order valence-electron chi connectivity index (χ3n) is 2.81. The Morgan fingerprint density at radius 3 is 2.82 bits per heavy atom. The molecule has 0 bridgehead atoms. The zero-order valence-electron chi connectivity index (χ0n) is 9.92. The first kappa shape index (κ1) is 12.3. The van der Waals surface area contributed by atoms with Gasteiger partial charge in [-0.05, 0) is 30.5 Å². The Hall–Kier alpha value is -1.13. The molecule has 0 spiro atoms. The van der Waals surface area contributed by atoms with E-state index in [1.807, 2.05) is 12.1 Å². The molecule has 2 rings (SSSR count). The van der Waals surface area contributed by atoms with E-state index in [2.05, 4.69) is 36.4 Å². The summed E-state index contributed by atoms with van der Waals surface area (Å²) in [6, 6.07) is 8.58. The molecule has 0 aliphatic carbocycles. The molecule has 0 aliphatic heterocycles. The Kier molecular flexibility index (Phi) is 3.97. The van der Waals surface area contributed by atoms with Gasteiger partial charge in [0.25, 0.3) is 0 Å².